The number of halogens is 2. The molecule has 2 rings (SSSR count). The molecule has 0 fully saturated rings. The van der Waals surface area contributed by atoms with Crippen LogP contribution in [0.1, 0.15) is 23.7 Å². The number of hydrogen-bond acceptors (Lipinski definition) is 3. The lowest BCUT2D eigenvalue weighted by molar-refractivity contribution is 0.167. The summed E-state index contributed by atoms with van der Waals surface area (Å²) in [5.74, 6) is 0.789. The summed E-state index contributed by atoms with van der Waals surface area (Å²) in [6.07, 6.45) is 0.292. The Labute approximate surface area is 145 Å². The SMILES string of the molecule is CNCCC(O)c1ccc(SCc2ccc(Cl)cc2Cl)cc1. The van der Waals surface area contributed by atoms with Crippen LogP contribution in [0.3, 0.4) is 0 Å². The Hall–Kier alpha value is -0.710. The van der Waals surface area contributed by atoms with E-state index in [0.717, 1.165) is 28.3 Å². The molecule has 0 amide bonds. The van der Waals surface area contributed by atoms with Gasteiger partial charge in [0.1, 0.15) is 0 Å². The summed E-state index contributed by atoms with van der Waals surface area (Å²) in [5, 5.41) is 14.4. The molecule has 1 atom stereocenters. The standard InChI is InChI=1S/C17H19Cl2NOS/c1-20-9-8-17(21)12-3-6-15(7-4-12)22-11-13-2-5-14(18)10-16(13)19/h2-7,10,17,20-21H,8-9,11H2,1H3. The van der Waals surface area contributed by atoms with Crippen LogP contribution in [0.15, 0.2) is 47.4 Å². The zero-order valence-corrected chi connectivity index (χ0v) is 14.7. The average Bonchev–Trinajstić information content (AvgIpc) is 2.52. The van der Waals surface area contributed by atoms with Crippen molar-refractivity contribution >= 4 is 35.0 Å². The van der Waals surface area contributed by atoms with Crippen molar-refractivity contribution in [2.45, 2.75) is 23.2 Å². The minimum atomic E-state index is -0.419. The number of thioether (sulfide) groups is 1. The Morgan fingerprint density at radius 2 is 1.86 bits per heavy atom. The van der Waals surface area contributed by atoms with E-state index in [4.69, 9.17) is 23.2 Å². The molecule has 5 heteroatoms. The van der Waals surface area contributed by atoms with Crippen molar-refractivity contribution in [1.29, 1.82) is 0 Å². The van der Waals surface area contributed by atoms with Crippen molar-refractivity contribution in [3.8, 4) is 0 Å². The van der Waals surface area contributed by atoms with Crippen molar-refractivity contribution < 1.29 is 5.11 Å². The van der Waals surface area contributed by atoms with Crippen molar-refractivity contribution in [2.24, 2.45) is 0 Å². The summed E-state index contributed by atoms with van der Waals surface area (Å²) in [7, 11) is 1.88. The lowest BCUT2D eigenvalue weighted by Gasteiger charge is -2.11. The van der Waals surface area contributed by atoms with Crippen LogP contribution in [-0.4, -0.2) is 18.7 Å². The first-order valence-electron chi connectivity index (χ1n) is 7.09. The van der Waals surface area contributed by atoms with E-state index in [2.05, 4.69) is 5.32 Å². The fourth-order valence-electron chi connectivity index (χ4n) is 2.03. The molecule has 22 heavy (non-hydrogen) atoms. The summed E-state index contributed by atoms with van der Waals surface area (Å²) < 4.78 is 0. The molecule has 0 heterocycles. The first kappa shape index (κ1) is 17.6. The molecule has 0 bridgehead atoms. The van der Waals surface area contributed by atoms with Gasteiger partial charge in [-0.2, -0.15) is 0 Å². The number of benzene rings is 2. The molecule has 0 aliphatic carbocycles. The number of aliphatic hydroxyl groups excluding tert-OH is 1. The number of rotatable bonds is 7. The second kappa shape index (κ2) is 8.80. The minimum Gasteiger partial charge on any atom is -0.388 e. The third kappa shape index (κ3) is 5.18. The summed E-state index contributed by atoms with van der Waals surface area (Å²) in [4.78, 5) is 1.15. The molecule has 2 aromatic rings. The Morgan fingerprint density at radius 3 is 2.50 bits per heavy atom. The van der Waals surface area contributed by atoms with Gasteiger partial charge in [-0.15, -0.1) is 11.8 Å². The van der Waals surface area contributed by atoms with Crippen LogP contribution in [0.5, 0.6) is 0 Å². The normalized spacial score (nSPS) is 12.4. The van der Waals surface area contributed by atoms with E-state index >= 15 is 0 Å². The van der Waals surface area contributed by atoms with E-state index < -0.39 is 6.10 Å². The minimum absolute atomic E-state index is 0.419. The van der Waals surface area contributed by atoms with Crippen molar-refractivity contribution in [3.63, 3.8) is 0 Å². The predicted octanol–water partition coefficient (Wildman–Crippen LogP) is 4.93. The Balaban J connectivity index is 1.93. The third-order valence-electron chi connectivity index (χ3n) is 3.34. The molecule has 0 aliphatic heterocycles. The van der Waals surface area contributed by atoms with Crippen molar-refractivity contribution in [3.05, 3.63) is 63.6 Å². The van der Waals surface area contributed by atoms with Gasteiger partial charge in [-0.25, -0.2) is 0 Å². The summed E-state index contributed by atoms with van der Waals surface area (Å²) in [5.41, 5.74) is 2.01. The predicted molar refractivity (Wildman–Crippen MR) is 96.0 cm³/mol. The number of aliphatic hydroxyl groups is 1. The van der Waals surface area contributed by atoms with E-state index in [1.165, 1.54) is 0 Å². The van der Waals surface area contributed by atoms with Gasteiger partial charge in [0, 0.05) is 20.7 Å². The van der Waals surface area contributed by atoms with E-state index in [1.54, 1.807) is 17.8 Å². The van der Waals surface area contributed by atoms with E-state index in [-0.39, 0.29) is 0 Å². The molecular weight excluding hydrogens is 337 g/mol. The van der Waals surface area contributed by atoms with Gasteiger partial charge in [0.25, 0.3) is 0 Å². The fraction of sp³-hybridized carbons (Fsp3) is 0.294. The highest BCUT2D eigenvalue weighted by Crippen LogP contribution is 2.29. The van der Waals surface area contributed by atoms with Crippen LogP contribution in [0, 0.1) is 0 Å². The highest BCUT2D eigenvalue weighted by atomic mass is 35.5. The molecule has 0 radical (unpaired) electrons. The zero-order valence-electron chi connectivity index (χ0n) is 12.4. The Morgan fingerprint density at radius 1 is 1.14 bits per heavy atom. The van der Waals surface area contributed by atoms with Gasteiger partial charge >= 0.3 is 0 Å². The van der Waals surface area contributed by atoms with E-state index in [0.29, 0.717) is 16.5 Å². The molecule has 0 aliphatic rings. The van der Waals surface area contributed by atoms with Crippen LogP contribution in [-0.2, 0) is 5.75 Å². The van der Waals surface area contributed by atoms with E-state index in [1.807, 2.05) is 43.4 Å². The maximum atomic E-state index is 10.0. The number of hydrogen-bond donors (Lipinski definition) is 2. The average molecular weight is 356 g/mol. The van der Waals surface area contributed by atoms with Crippen LogP contribution in [0.2, 0.25) is 10.0 Å². The molecule has 0 aromatic heterocycles. The summed E-state index contributed by atoms with van der Waals surface area (Å²) in [6.45, 7) is 0.798. The molecule has 1 unspecified atom stereocenters. The molecule has 0 saturated carbocycles. The Bertz CT molecular complexity index is 604. The van der Waals surface area contributed by atoms with Gasteiger partial charge in [0.2, 0.25) is 0 Å². The zero-order chi connectivity index (χ0) is 15.9. The second-order valence-electron chi connectivity index (χ2n) is 5.00. The molecule has 118 valence electrons. The van der Waals surface area contributed by atoms with Gasteiger partial charge < -0.3 is 10.4 Å². The molecule has 0 spiro atoms. The Kier molecular flexibility index (Phi) is 7.06. The van der Waals surface area contributed by atoms with Crippen LogP contribution in [0.25, 0.3) is 0 Å². The van der Waals surface area contributed by atoms with Crippen LogP contribution >= 0.6 is 35.0 Å². The maximum absolute atomic E-state index is 10.0. The van der Waals surface area contributed by atoms with Gasteiger partial charge in [0.05, 0.1) is 6.10 Å². The summed E-state index contributed by atoms with van der Waals surface area (Å²) in [6, 6.07) is 13.6. The molecule has 2 N–H and O–H groups in total. The van der Waals surface area contributed by atoms with Gasteiger partial charge in [-0.3, -0.25) is 0 Å². The van der Waals surface area contributed by atoms with Crippen molar-refractivity contribution in [1.82, 2.24) is 5.32 Å². The van der Waals surface area contributed by atoms with Crippen LogP contribution < -0.4 is 5.32 Å². The van der Waals surface area contributed by atoms with E-state index in [9.17, 15) is 5.11 Å². The van der Waals surface area contributed by atoms with Crippen molar-refractivity contribution in [2.75, 3.05) is 13.6 Å². The quantitative estimate of drug-likeness (QED) is 0.690. The first-order valence-corrected chi connectivity index (χ1v) is 8.83. The third-order valence-corrected chi connectivity index (χ3v) is 4.99. The van der Waals surface area contributed by atoms with Gasteiger partial charge in [-0.1, -0.05) is 41.4 Å². The highest BCUT2D eigenvalue weighted by Gasteiger charge is 2.07. The number of nitrogens with one attached hydrogen (secondary N) is 1. The smallest absolute Gasteiger partial charge is 0.0802 e. The highest BCUT2D eigenvalue weighted by molar-refractivity contribution is 7.98. The second-order valence-corrected chi connectivity index (χ2v) is 6.89. The molecular formula is C17H19Cl2NOS. The first-order chi connectivity index (χ1) is 10.6. The van der Waals surface area contributed by atoms with Gasteiger partial charge in [-0.05, 0) is 55.4 Å². The summed E-state index contributed by atoms with van der Waals surface area (Å²) >= 11 is 13.8. The monoisotopic (exact) mass is 355 g/mol. The molecule has 2 nitrogen and oxygen atoms in total. The van der Waals surface area contributed by atoms with Crippen LogP contribution in [0.4, 0.5) is 0 Å². The largest absolute Gasteiger partial charge is 0.388 e. The molecule has 0 saturated heterocycles. The lowest BCUT2D eigenvalue weighted by atomic mass is 10.1. The molecule has 2 aromatic carbocycles. The maximum Gasteiger partial charge on any atom is 0.0802 e. The topological polar surface area (TPSA) is 32.3 Å². The lowest BCUT2D eigenvalue weighted by Crippen LogP contribution is -2.11. The fourth-order valence-corrected chi connectivity index (χ4v) is 3.49. The van der Waals surface area contributed by atoms with Gasteiger partial charge in [0.15, 0.2) is 0 Å².